The van der Waals surface area contributed by atoms with Crippen molar-refractivity contribution in [3.8, 4) is 0 Å². The van der Waals surface area contributed by atoms with Crippen molar-refractivity contribution in [3.63, 3.8) is 0 Å². The van der Waals surface area contributed by atoms with E-state index < -0.39 is 5.60 Å². The maximum absolute atomic E-state index is 12.7. The van der Waals surface area contributed by atoms with Crippen LogP contribution in [0.25, 0.3) is 5.65 Å². The van der Waals surface area contributed by atoms with Crippen LogP contribution in [0.2, 0.25) is 0 Å². The van der Waals surface area contributed by atoms with Crippen molar-refractivity contribution in [2.75, 3.05) is 31.1 Å². The van der Waals surface area contributed by atoms with Gasteiger partial charge in [0.2, 0.25) is 0 Å². The molecule has 8 heteroatoms. The van der Waals surface area contributed by atoms with Gasteiger partial charge in [-0.05, 0) is 58.6 Å². The predicted molar refractivity (Wildman–Crippen MR) is 127 cm³/mol. The molecule has 33 heavy (non-hydrogen) atoms. The Hall–Kier alpha value is -3.16. The first-order valence-corrected chi connectivity index (χ1v) is 11.9. The lowest BCUT2D eigenvalue weighted by atomic mass is 10.1. The van der Waals surface area contributed by atoms with Crippen LogP contribution in [-0.4, -0.2) is 62.4 Å². The van der Waals surface area contributed by atoms with Crippen LogP contribution >= 0.6 is 0 Å². The van der Waals surface area contributed by atoms with E-state index in [2.05, 4.69) is 16.0 Å². The zero-order chi connectivity index (χ0) is 23.0. The number of ether oxygens (including phenoxy) is 1. The number of amides is 1. The summed E-state index contributed by atoms with van der Waals surface area (Å²) >= 11 is 0. The summed E-state index contributed by atoms with van der Waals surface area (Å²) in [5, 5.41) is 4.76. The third kappa shape index (κ3) is 4.51. The van der Waals surface area contributed by atoms with Crippen molar-refractivity contribution in [3.05, 3.63) is 53.1 Å². The van der Waals surface area contributed by atoms with E-state index in [0.717, 1.165) is 67.2 Å². The van der Waals surface area contributed by atoms with Gasteiger partial charge in [0.15, 0.2) is 5.65 Å². The molecule has 0 aromatic carbocycles. The summed E-state index contributed by atoms with van der Waals surface area (Å²) in [6, 6.07) is 6.02. The van der Waals surface area contributed by atoms with E-state index in [9.17, 15) is 4.79 Å². The third-order valence-corrected chi connectivity index (χ3v) is 6.31. The molecular formula is C25H32N6O2. The smallest absolute Gasteiger partial charge is 0.410 e. The molecule has 0 N–H and O–H groups in total. The van der Waals surface area contributed by atoms with Crippen LogP contribution in [0.3, 0.4) is 0 Å². The number of hydrogen-bond acceptors (Lipinski definition) is 6. The van der Waals surface area contributed by atoms with Crippen molar-refractivity contribution in [1.82, 2.24) is 24.5 Å². The summed E-state index contributed by atoms with van der Waals surface area (Å²) in [7, 11) is 0. The normalized spacial score (nSPS) is 16.3. The molecule has 0 radical (unpaired) electrons. The lowest BCUT2D eigenvalue weighted by Crippen LogP contribution is -2.40. The number of nitrogens with zero attached hydrogens (tertiary/aromatic N) is 6. The van der Waals surface area contributed by atoms with Crippen molar-refractivity contribution >= 4 is 17.6 Å². The SMILES string of the molecule is CC(C)(C)OC(=O)N1CCc2nc3c(CCc4ccccn4)cnn3c(N3CCC3)c2CC1. The minimum atomic E-state index is -0.500. The van der Waals surface area contributed by atoms with Gasteiger partial charge in [-0.25, -0.2) is 9.78 Å². The molecule has 3 aromatic rings. The Morgan fingerprint density at radius 3 is 2.61 bits per heavy atom. The highest BCUT2D eigenvalue weighted by Gasteiger charge is 2.30. The summed E-state index contributed by atoms with van der Waals surface area (Å²) in [5.74, 6) is 1.15. The Labute approximate surface area is 194 Å². The fraction of sp³-hybridized carbons (Fsp3) is 0.520. The van der Waals surface area contributed by atoms with Crippen molar-refractivity contribution in [2.45, 2.75) is 58.5 Å². The Balaban J connectivity index is 1.45. The highest BCUT2D eigenvalue weighted by atomic mass is 16.6. The fourth-order valence-corrected chi connectivity index (χ4v) is 4.51. The molecule has 0 aliphatic carbocycles. The van der Waals surface area contributed by atoms with Gasteiger partial charge in [-0.3, -0.25) is 4.98 Å². The van der Waals surface area contributed by atoms with Crippen LogP contribution in [0.15, 0.2) is 30.6 Å². The zero-order valence-electron chi connectivity index (χ0n) is 19.8. The number of carbonyl (C=O) groups excluding carboxylic acids is 1. The number of fused-ring (bicyclic) bond motifs is 2. The number of rotatable bonds is 4. The monoisotopic (exact) mass is 448 g/mol. The molecule has 0 unspecified atom stereocenters. The second kappa shape index (κ2) is 8.65. The first-order chi connectivity index (χ1) is 15.9. The molecular weight excluding hydrogens is 416 g/mol. The molecule has 0 bridgehead atoms. The number of anilines is 1. The lowest BCUT2D eigenvalue weighted by molar-refractivity contribution is 0.0258. The van der Waals surface area contributed by atoms with Gasteiger partial charge in [0, 0.05) is 55.6 Å². The highest BCUT2D eigenvalue weighted by Crippen LogP contribution is 2.31. The molecule has 1 saturated heterocycles. The van der Waals surface area contributed by atoms with Crippen molar-refractivity contribution < 1.29 is 9.53 Å². The second-order valence-electron chi connectivity index (χ2n) is 9.89. The van der Waals surface area contributed by atoms with E-state index in [4.69, 9.17) is 14.8 Å². The van der Waals surface area contributed by atoms with Gasteiger partial charge in [0.25, 0.3) is 0 Å². The number of hydrogen-bond donors (Lipinski definition) is 0. The van der Waals surface area contributed by atoms with Crippen LogP contribution in [0.4, 0.5) is 10.6 Å². The third-order valence-electron chi connectivity index (χ3n) is 6.31. The van der Waals surface area contributed by atoms with Crippen LogP contribution in [0.1, 0.15) is 49.7 Å². The second-order valence-corrected chi connectivity index (χ2v) is 9.89. The molecule has 8 nitrogen and oxygen atoms in total. The Morgan fingerprint density at radius 1 is 1.09 bits per heavy atom. The van der Waals surface area contributed by atoms with Gasteiger partial charge in [-0.15, -0.1) is 0 Å². The summed E-state index contributed by atoms with van der Waals surface area (Å²) in [4.78, 5) is 26.5. The topological polar surface area (TPSA) is 75.9 Å². The van der Waals surface area contributed by atoms with E-state index in [-0.39, 0.29) is 6.09 Å². The molecule has 2 aliphatic heterocycles. The van der Waals surface area contributed by atoms with Crippen LogP contribution in [0.5, 0.6) is 0 Å². The number of aromatic nitrogens is 4. The Kier molecular flexibility index (Phi) is 5.68. The molecule has 0 atom stereocenters. The lowest BCUT2D eigenvalue weighted by Gasteiger charge is -2.35. The molecule has 5 heterocycles. The molecule has 1 fully saturated rings. The van der Waals surface area contributed by atoms with E-state index in [1.54, 1.807) is 0 Å². The Bertz CT molecular complexity index is 1150. The van der Waals surface area contributed by atoms with Gasteiger partial charge in [0.05, 0.1) is 11.9 Å². The van der Waals surface area contributed by atoms with Crippen LogP contribution in [-0.2, 0) is 30.4 Å². The minimum absolute atomic E-state index is 0.248. The van der Waals surface area contributed by atoms with Crippen LogP contribution in [0, 0.1) is 0 Å². The van der Waals surface area contributed by atoms with E-state index in [0.29, 0.717) is 13.1 Å². The minimum Gasteiger partial charge on any atom is -0.444 e. The Morgan fingerprint density at radius 2 is 1.91 bits per heavy atom. The summed E-state index contributed by atoms with van der Waals surface area (Å²) in [5.41, 5.74) is 4.93. The van der Waals surface area contributed by atoms with Crippen molar-refractivity contribution in [1.29, 1.82) is 0 Å². The first kappa shape index (κ1) is 21.7. The van der Waals surface area contributed by atoms with E-state index >= 15 is 0 Å². The highest BCUT2D eigenvalue weighted by molar-refractivity contribution is 5.69. The molecule has 0 saturated carbocycles. The van der Waals surface area contributed by atoms with Gasteiger partial charge < -0.3 is 14.5 Å². The molecule has 2 aliphatic rings. The summed E-state index contributed by atoms with van der Waals surface area (Å²) in [6.45, 7) is 9.02. The van der Waals surface area contributed by atoms with Gasteiger partial charge in [-0.1, -0.05) is 6.07 Å². The van der Waals surface area contributed by atoms with Gasteiger partial charge in [-0.2, -0.15) is 9.61 Å². The first-order valence-electron chi connectivity index (χ1n) is 11.9. The molecule has 174 valence electrons. The summed E-state index contributed by atoms with van der Waals surface area (Å²) in [6.07, 6.45) is 7.91. The largest absolute Gasteiger partial charge is 0.444 e. The molecule has 1 amide bonds. The maximum atomic E-state index is 12.7. The maximum Gasteiger partial charge on any atom is 0.410 e. The number of carbonyl (C=O) groups is 1. The van der Waals surface area contributed by atoms with E-state index in [1.165, 1.54) is 12.0 Å². The predicted octanol–water partition coefficient (Wildman–Crippen LogP) is 3.46. The standard InChI is InChI=1S/C25H32N6O2/c1-25(2,3)33-24(32)30-15-10-20-21(11-16-30)28-22-18(8-9-19-7-4-5-12-26-19)17-27-31(22)23(20)29-13-6-14-29/h4-5,7,12,17H,6,8-11,13-16H2,1-3H3. The van der Waals surface area contributed by atoms with Crippen molar-refractivity contribution in [2.24, 2.45) is 0 Å². The average molecular weight is 449 g/mol. The quantitative estimate of drug-likeness (QED) is 0.609. The molecule has 0 spiro atoms. The zero-order valence-corrected chi connectivity index (χ0v) is 19.8. The molecule has 3 aromatic heterocycles. The van der Waals surface area contributed by atoms with E-state index in [1.807, 2.05) is 54.7 Å². The fourth-order valence-electron chi connectivity index (χ4n) is 4.51. The molecule has 5 rings (SSSR count). The number of aryl methyl sites for hydroxylation is 2. The summed E-state index contributed by atoms with van der Waals surface area (Å²) < 4.78 is 7.65. The van der Waals surface area contributed by atoms with Gasteiger partial charge >= 0.3 is 6.09 Å². The number of pyridine rings is 1. The van der Waals surface area contributed by atoms with Gasteiger partial charge in [0.1, 0.15) is 11.4 Å². The average Bonchev–Trinajstić information content (AvgIpc) is 3.00. The van der Waals surface area contributed by atoms with Crippen LogP contribution < -0.4 is 4.90 Å².